The average molecular weight is 332 g/mol. The number of aromatic amines is 1. The molecule has 2 heterocycles. The highest BCUT2D eigenvalue weighted by atomic mass is 16.5. The number of nitrogens with two attached hydrogens (primary N) is 1. The summed E-state index contributed by atoms with van der Waals surface area (Å²) in [5.41, 5.74) is 11.5. The number of H-pyrrole nitrogens is 1. The predicted octanol–water partition coefficient (Wildman–Crippen LogP) is 3.42. The zero-order valence-electron chi connectivity index (χ0n) is 13.8. The maximum Gasteiger partial charge on any atom is 0.193 e. The summed E-state index contributed by atoms with van der Waals surface area (Å²) < 4.78 is 5.84. The van der Waals surface area contributed by atoms with E-state index in [-0.39, 0.29) is 0 Å². The number of hydrogen-bond acceptors (Lipinski definition) is 4. The van der Waals surface area contributed by atoms with Crippen LogP contribution in [0.1, 0.15) is 22.4 Å². The number of guanidine groups is 1. The number of benzene rings is 2. The molecule has 0 fully saturated rings. The van der Waals surface area contributed by atoms with E-state index in [4.69, 9.17) is 10.5 Å². The molecule has 5 heteroatoms. The summed E-state index contributed by atoms with van der Waals surface area (Å²) in [7, 11) is 0. The second-order valence-corrected chi connectivity index (χ2v) is 6.09. The lowest BCUT2D eigenvalue weighted by molar-refractivity contribution is 0.306. The number of aliphatic imine (C=N–C) groups is 1. The first-order valence-electron chi connectivity index (χ1n) is 8.29. The molecular weight excluding hydrogens is 312 g/mol. The molecule has 0 spiro atoms. The van der Waals surface area contributed by atoms with Crippen LogP contribution < -0.4 is 15.8 Å². The van der Waals surface area contributed by atoms with Crippen LogP contribution in [-0.4, -0.2) is 10.9 Å². The maximum atomic E-state index is 5.84. The van der Waals surface area contributed by atoms with Crippen molar-refractivity contribution in [2.45, 2.75) is 19.6 Å². The SMILES string of the molecule is NC1=NCc2[nH]cc(Cc3ccc(OCc4ccccc4)cc3)c2N1. The van der Waals surface area contributed by atoms with Crippen molar-refractivity contribution in [3.8, 4) is 5.75 Å². The fraction of sp³-hybridized carbons (Fsp3) is 0.150. The van der Waals surface area contributed by atoms with Gasteiger partial charge >= 0.3 is 0 Å². The molecule has 0 radical (unpaired) electrons. The van der Waals surface area contributed by atoms with Gasteiger partial charge in [-0.15, -0.1) is 0 Å². The van der Waals surface area contributed by atoms with Crippen molar-refractivity contribution >= 4 is 11.6 Å². The molecule has 0 atom stereocenters. The Balaban J connectivity index is 1.41. The van der Waals surface area contributed by atoms with Gasteiger partial charge in [0.2, 0.25) is 0 Å². The number of ether oxygens (including phenoxy) is 1. The van der Waals surface area contributed by atoms with Crippen LogP contribution in [0.4, 0.5) is 5.69 Å². The Kier molecular flexibility index (Phi) is 4.12. The predicted molar refractivity (Wildman–Crippen MR) is 99.8 cm³/mol. The third kappa shape index (κ3) is 3.50. The summed E-state index contributed by atoms with van der Waals surface area (Å²) in [6.07, 6.45) is 2.84. The van der Waals surface area contributed by atoms with Gasteiger partial charge in [-0.2, -0.15) is 0 Å². The topological polar surface area (TPSA) is 75.4 Å². The van der Waals surface area contributed by atoms with E-state index in [0.29, 0.717) is 19.1 Å². The molecule has 1 aromatic heterocycles. The molecule has 4 N–H and O–H groups in total. The number of hydrogen-bond donors (Lipinski definition) is 3. The minimum absolute atomic E-state index is 0.470. The molecule has 0 aliphatic carbocycles. The minimum Gasteiger partial charge on any atom is -0.489 e. The number of fused-ring (bicyclic) bond motifs is 1. The van der Waals surface area contributed by atoms with Gasteiger partial charge in [0, 0.05) is 12.6 Å². The molecule has 5 nitrogen and oxygen atoms in total. The standard InChI is InChI=1S/C20H20N4O/c21-20-23-12-18-19(24-20)16(11-22-18)10-14-6-8-17(9-7-14)25-13-15-4-2-1-3-5-15/h1-9,11,22H,10,12-13H2,(H3,21,23,24). The van der Waals surface area contributed by atoms with Crippen LogP contribution in [0.3, 0.4) is 0 Å². The van der Waals surface area contributed by atoms with E-state index in [0.717, 1.165) is 29.1 Å². The van der Waals surface area contributed by atoms with E-state index < -0.39 is 0 Å². The van der Waals surface area contributed by atoms with Crippen LogP contribution >= 0.6 is 0 Å². The molecule has 3 aromatic rings. The van der Waals surface area contributed by atoms with Crippen molar-refractivity contribution < 1.29 is 4.74 Å². The zero-order chi connectivity index (χ0) is 17.1. The molecule has 1 aliphatic heterocycles. The normalized spacial score (nSPS) is 12.9. The summed E-state index contributed by atoms with van der Waals surface area (Å²) in [5.74, 6) is 1.34. The third-order valence-corrected chi connectivity index (χ3v) is 4.27. The Morgan fingerprint density at radius 3 is 2.60 bits per heavy atom. The number of nitrogens with zero attached hydrogens (tertiary/aromatic N) is 1. The van der Waals surface area contributed by atoms with Crippen molar-refractivity contribution in [2.75, 3.05) is 5.32 Å². The van der Waals surface area contributed by atoms with Crippen molar-refractivity contribution in [3.63, 3.8) is 0 Å². The molecule has 0 saturated heterocycles. The Hall–Kier alpha value is -3.21. The molecule has 1 aliphatic rings. The van der Waals surface area contributed by atoms with E-state index in [1.165, 1.54) is 11.1 Å². The molecule has 0 unspecified atom stereocenters. The smallest absolute Gasteiger partial charge is 0.193 e. The lowest BCUT2D eigenvalue weighted by atomic mass is 10.1. The van der Waals surface area contributed by atoms with Gasteiger partial charge in [-0.1, -0.05) is 42.5 Å². The molecule has 0 amide bonds. The Morgan fingerprint density at radius 1 is 1.00 bits per heavy atom. The van der Waals surface area contributed by atoms with Crippen molar-refractivity contribution in [1.29, 1.82) is 0 Å². The average Bonchev–Trinajstić information content (AvgIpc) is 3.04. The summed E-state index contributed by atoms with van der Waals surface area (Å²) >= 11 is 0. The molecule has 0 saturated carbocycles. The van der Waals surface area contributed by atoms with E-state index in [1.807, 2.05) is 36.5 Å². The number of rotatable bonds is 5. The Morgan fingerprint density at radius 2 is 1.80 bits per heavy atom. The molecule has 2 aromatic carbocycles. The first kappa shape index (κ1) is 15.3. The number of nitrogens with one attached hydrogen (secondary N) is 2. The van der Waals surface area contributed by atoms with Crippen LogP contribution in [-0.2, 0) is 19.6 Å². The van der Waals surface area contributed by atoms with E-state index >= 15 is 0 Å². The molecule has 4 rings (SSSR count). The van der Waals surface area contributed by atoms with Gasteiger partial charge in [0.25, 0.3) is 0 Å². The molecule has 126 valence electrons. The summed E-state index contributed by atoms with van der Waals surface area (Å²) in [6, 6.07) is 18.4. The summed E-state index contributed by atoms with van der Waals surface area (Å²) in [4.78, 5) is 7.45. The number of aromatic nitrogens is 1. The quantitative estimate of drug-likeness (QED) is 0.670. The molecular formula is C20H20N4O. The van der Waals surface area contributed by atoms with E-state index in [1.54, 1.807) is 0 Å². The first-order chi connectivity index (χ1) is 12.3. The van der Waals surface area contributed by atoms with Gasteiger partial charge in [0.05, 0.1) is 17.9 Å². The van der Waals surface area contributed by atoms with Crippen molar-refractivity contribution in [3.05, 3.63) is 83.2 Å². The fourth-order valence-corrected chi connectivity index (χ4v) is 2.93. The summed E-state index contributed by atoms with van der Waals surface area (Å²) in [5, 5.41) is 3.15. The zero-order valence-corrected chi connectivity index (χ0v) is 13.8. The molecule has 25 heavy (non-hydrogen) atoms. The second kappa shape index (κ2) is 6.73. The first-order valence-corrected chi connectivity index (χ1v) is 8.29. The second-order valence-electron chi connectivity index (χ2n) is 6.09. The van der Waals surface area contributed by atoms with Crippen molar-refractivity contribution in [2.24, 2.45) is 10.7 Å². The van der Waals surface area contributed by atoms with Crippen LogP contribution in [0.25, 0.3) is 0 Å². The third-order valence-electron chi connectivity index (χ3n) is 4.27. The maximum absolute atomic E-state index is 5.84. The summed E-state index contributed by atoms with van der Waals surface area (Å²) in [6.45, 7) is 1.18. The highest BCUT2D eigenvalue weighted by Crippen LogP contribution is 2.27. The largest absolute Gasteiger partial charge is 0.489 e. The van der Waals surface area contributed by atoms with Gasteiger partial charge in [-0.25, -0.2) is 4.99 Å². The van der Waals surface area contributed by atoms with Crippen LogP contribution in [0.5, 0.6) is 5.75 Å². The highest BCUT2D eigenvalue weighted by Gasteiger charge is 2.15. The van der Waals surface area contributed by atoms with Crippen molar-refractivity contribution in [1.82, 2.24) is 4.98 Å². The lowest BCUT2D eigenvalue weighted by Gasteiger charge is -2.14. The van der Waals surface area contributed by atoms with Crippen LogP contribution in [0, 0.1) is 0 Å². The molecule has 0 bridgehead atoms. The highest BCUT2D eigenvalue weighted by molar-refractivity contribution is 5.95. The minimum atomic E-state index is 0.470. The van der Waals surface area contributed by atoms with E-state index in [2.05, 4.69) is 39.6 Å². The Bertz CT molecular complexity index is 882. The van der Waals surface area contributed by atoms with Gasteiger partial charge in [0.15, 0.2) is 5.96 Å². The van der Waals surface area contributed by atoms with Crippen LogP contribution in [0.2, 0.25) is 0 Å². The Labute approximate surface area is 146 Å². The lowest BCUT2D eigenvalue weighted by Crippen LogP contribution is -2.26. The van der Waals surface area contributed by atoms with Gasteiger partial charge in [-0.3, -0.25) is 0 Å². The number of anilines is 1. The van der Waals surface area contributed by atoms with Crippen LogP contribution in [0.15, 0.2) is 65.8 Å². The monoisotopic (exact) mass is 332 g/mol. The fourth-order valence-electron chi connectivity index (χ4n) is 2.93. The van der Waals surface area contributed by atoms with Gasteiger partial charge in [-0.05, 0) is 28.8 Å². The van der Waals surface area contributed by atoms with E-state index in [9.17, 15) is 0 Å². The van der Waals surface area contributed by atoms with Gasteiger partial charge < -0.3 is 20.8 Å². The van der Waals surface area contributed by atoms with Gasteiger partial charge in [0.1, 0.15) is 12.4 Å².